The predicted octanol–water partition coefficient (Wildman–Crippen LogP) is 1.49. The molecule has 140 valence electrons. The van der Waals surface area contributed by atoms with Gasteiger partial charge in [-0.3, -0.25) is 14.9 Å². The summed E-state index contributed by atoms with van der Waals surface area (Å²) in [6, 6.07) is -0.613. The number of rotatable bonds is 3. The molecule has 3 N–H and O–H groups in total. The molecule has 25 heavy (non-hydrogen) atoms. The zero-order chi connectivity index (χ0) is 18.5. The standard InChI is InChI=1S/C18H28N2O5/c1-16(2,3)20-15(23)19-13(21)9-25-14(22)17-5-11-4-12(6-17)8-18(24,7-11)10-17/h11-12,24H,4-10H2,1-3H3,(H2,19,20,21,23). The summed E-state index contributed by atoms with van der Waals surface area (Å²) >= 11 is 0. The van der Waals surface area contributed by atoms with Gasteiger partial charge in [0, 0.05) is 5.54 Å². The lowest BCUT2D eigenvalue weighted by atomic mass is 9.48. The minimum Gasteiger partial charge on any atom is -0.455 e. The van der Waals surface area contributed by atoms with Gasteiger partial charge < -0.3 is 15.2 Å². The van der Waals surface area contributed by atoms with Gasteiger partial charge in [-0.2, -0.15) is 0 Å². The van der Waals surface area contributed by atoms with Crippen LogP contribution in [0.4, 0.5) is 4.79 Å². The number of hydrogen-bond donors (Lipinski definition) is 3. The lowest BCUT2D eigenvalue weighted by Gasteiger charge is -2.58. The van der Waals surface area contributed by atoms with Gasteiger partial charge in [0.25, 0.3) is 5.91 Å². The van der Waals surface area contributed by atoms with E-state index in [1.165, 1.54) is 0 Å². The van der Waals surface area contributed by atoms with Gasteiger partial charge in [-0.25, -0.2) is 4.79 Å². The van der Waals surface area contributed by atoms with Crippen LogP contribution in [0.3, 0.4) is 0 Å². The molecule has 0 aromatic rings. The van der Waals surface area contributed by atoms with Crippen LogP contribution >= 0.6 is 0 Å². The summed E-state index contributed by atoms with van der Waals surface area (Å²) in [5.74, 6) is -0.333. The van der Waals surface area contributed by atoms with E-state index in [9.17, 15) is 19.5 Å². The molecule has 4 aliphatic rings. The zero-order valence-corrected chi connectivity index (χ0v) is 15.2. The first-order valence-corrected chi connectivity index (χ1v) is 9.00. The van der Waals surface area contributed by atoms with Crippen molar-refractivity contribution in [3.63, 3.8) is 0 Å². The van der Waals surface area contributed by atoms with Crippen molar-refractivity contribution in [3.8, 4) is 0 Å². The number of ether oxygens (including phenoxy) is 1. The van der Waals surface area contributed by atoms with Crippen molar-refractivity contribution in [3.05, 3.63) is 0 Å². The Labute approximate surface area is 147 Å². The fourth-order valence-corrected chi connectivity index (χ4v) is 5.27. The van der Waals surface area contributed by atoms with Gasteiger partial charge in [0.15, 0.2) is 6.61 Å². The van der Waals surface area contributed by atoms with Gasteiger partial charge in [-0.1, -0.05) is 0 Å². The first-order chi connectivity index (χ1) is 11.5. The monoisotopic (exact) mass is 352 g/mol. The van der Waals surface area contributed by atoms with Gasteiger partial charge in [0.1, 0.15) is 0 Å². The van der Waals surface area contributed by atoms with Gasteiger partial charge in [-0.15, -0.1) is 0 Å². The topological polar surface area (TPSA) is 105 Å². The summed E-state index contributed by atoms with van der Waals surface area (Å²) in [7, 11) is 0. The van der Waals surface area contributed by atoms with Crippen molar-refractivity contribution in [2.75, 3.05) is 6.61 Å². The first-order valence-electron chi connectivity index (χ1n) is 9.00. The Morgan fingerprint density at radius 1 is 1.12 bits per heavy atom. The normalized spacial score (nSPS) is 36.0. The van der Waals surface area contributed by atoms with E-state index in [0.717, 1.165) is 32.1 Å². The molecule has 0 heterocycles. The quantitative estimate of drug-likeness (QED) is 0.668. The number of urea groups is 1. The van der Waals surface area contributed by atoms with E-state index < -0.39 is 41.1 Å². The molecule has 4 aliphatic carbocycles. The van der Waals surface area contributed by atoms with Gasteiger partial charge in [0.05, 0.1) is 11.0 Å². The van der Waals surface area contributed by atoms with Crippen LogP contribution in [0.5, 0.6) is 0 Å². The molecule has 2 atom stereocenters. The minimum absolute atomic E-state index is 0.366. The number of carbonyl (C=O) groups is 3. The summed E-state index contributed by atoms with van der Waals surface area (Å²) in [6.07, 6.45) is 4.51. The molecular weight excluding hydrogens is 324 g/mol. The fraction of sp³-hybridized carbons (Fsp3) is 0.833. The Hall–Kier alpha value is -1.63. The van der Waals surface area contributed by atoms with Crippen molar-refractivity contribution in [1.29, 1.82) is 0 Å². The van der Waals surface area contributed by atoms with Crippen LogP contribution < -0.4 is 10.6 Å². The molecule has 7 heteroatoms. The Balaban J connectivity index is 1.53. The number of amides is 3. The molecule has 0 aromatic carbocycles. The third kappa shape index (κ3) is 3.97. The Morgan fingerprint density at radius 2 is 1.72 bits per heavy atom. The maximum absolute atomic E-state index is 12.6. The third-order valence-electron chi connectivity index (χ3n) is 5.54. The summed E-state index contributed by atoms with van der Waals surface area (Å²) < 4.78 is 5.22. The molecule has 4 rings (SSSR count). The van der Waals surface area contributed by atoms with Gasteiger partial charge >= 0.3 is 12.0 Å². The van der Waals surface area contributed by atoms with E-state index in [-0.39, 0.29) is 0 Å². The molecular formula is C18H28N2O5. The number of nitrogens with one attached hydrogen (secondary N) is 2. The molecule has 3 amide bonds. The number of aliphatic hydroxyl groups is 1. The Morgan fingerprint density at radius 3 is 2.24 bits per heavy atom. The van der Waals surface area contributed by atoms with Crippen molar-refractivity contribution >= 4 is 17.9 Å². The summed E-state index contributed by atoms with van der Waals surface area (Å²) in [4.78, 5) is 36.1. The van der Waals surface area contributed by atoms with Crippen molar-refractivity contribution in [2.24, 2.45) is 17.3 Å². The van der Waals surface area contributed by atoms with Crippen molar-refractivity contribution in [1.82, 2.24) is 10.6 Å². The van der Waals surface area contributed by atoms with Crippen LogP contribution in [0.25, 0.3) is 0 Å². The third-order valence-corrected chi connectivity index (χ3v) is 5.54. The highest BCUT2D eigenvalue weighted by Crippen LogP contribution is 2.61. The molecule has 2 unspecified atom stereocenters. The maximum Gasteiger partial charge on any atom is 0.321 e. The Kier molecular flexibility index (Phi) is 4.34. The molecule has 4 bridgehead atoms. The number of imide groups is 1. The summed E-state index contributed by atoms with van der Waals surface area (Å²) in [5.41, 5.74) is -1.87. The highest BCUT2D eigenvalue weighted by atomic mass is 16.5. The second-order valence-electron chi connectivity index (χ2n) is 9.29. The van der Waals surface area contributed by atoms with Crippen molar-refractivity contribution in [2.45, 2.75) is 70.4 Å². The number of esters is 1. The average molecular weight is 352 g/mol. The van der Waals surface area contributed by atoms with Crippen LogP contribution in [-0.4, -0.2) is 40.8 Å². The van der Waals surface area contributed by atoms with E-state index in [0.29, 0.717) is 18.3 Å². The number of carbonyl (C=O) groups excluding carboxylic acids is 3. The van der Waals surface area contributed by atoms with E-state index in [2.05, 4.69) is 10.6 Å². The predicted molar refractivity (Wildman–Crippen MR) is 89.5 cm³/mol. The average Bonchev–Trinajstić information content (AvgIpc) is 2.39. The molecule has 0 aliphatic heterocycles. The van der Waals surface area contributed by atoms with Crippen LogP contribution in [0.15, 0.2) is 0 Å². The van der Waals surface area contributed by atoms with Gasteiger partial charge in [0.2, 0.25) is 0 Å². The highest BCUT2D eigenvalue weighted by molar-refractivity contribution is 5.96. The first kappa shape index (κ1) is 18.2. The van der Waals surface area contributed by atoms with Crippen LogP contribution in [0, 0.1) is 17.3 Å². The molecule has 0 spiro atoms. The van der Waals surface area contributed by atoms with Gasteiger partial charge in [-0.05, 0) is 71.1 Å². The molecule has 0 radical (unpaired) electrons. The highest BCUT2D eigenvalue weighted by Gasteiger charge is 2.60. The zero-order valence-electron chi connectivity index (χ0n) is 15.2. The summed E-state index contributed by atoms with van der Waals surface area (Å²) in [6.45, 7) is 4.92. The van der Waals surface area contributed by atoms with E-state index in [1.54, 1.807) is 20.8 Å². The van der Waals surface area contributed by atoms with E-state index in [4.69, 9.17) is 4.74 Å². The second-order valence-corrected chi connectivity index (χ2v) is 9.29. The van der Waals surface area contributed by atoms with Crippen molar-refractivity contribution < 1.29 is 24.2 Å². The fourth-order valence-electron chi connectivity index (χ4n) is 5.27. The largest absolute Gasteiger partial charge is 0.455 e. The van der Waals surface area contributed by atoms with E-state index >= 15 is 0 Å². The lowest BCUT2D eigenvalue weighted by molar-refractivity contribution is -0.196. The molecule has 4 saturated carbocycles. The maximum atomic E-state index is 12.6. The number of hydrogen-bond acceptors (Lipinski definition) is 5. The Bertz CT molecular complexity index is 581. The smallest absolute Gasteiger partial charge is 0.321 e. The lowest BCUT2D eigenvalue weighted by Crippen LogP contribution is -2.58. The molecule has 0 saturated heterocycles. The van der Waals surface area contributed by atoms with Crippen LogP contribution in [0.2, 0.25) is 0 Å². The van der Waals surface area contributed by atoms with Crippen LogP contribution in [-0.2, 0) is 14.3 Å². The van der Waals surface area contributed by atoms with E-state index in [1.807, 2.05) is 0 Å². The molecule has 7 nitrogen and oxygen atoms in total. The molecule has 0 aromatic heterocycles. The molecule has 4 fully saturated rings. The summed E-state index contributed by atoms with van der Waals surface area (Å²) in [5, 5.41) is 15.4. The van der Waals surface area contributed by atoms with Crippen LogP contribution in [0.1, 0.15) is 59.3 Å². The minimum atomic E-state index is -0.752. The SMILES string of the molecule is CC(C)(C)NC(=O)NC(=O)COC(=O)C12CC3CC(CC(O)(C3)C1)C2. The second kappa shape index (κ2) is 5.97.